The fourth-order valence-electron chi connectivity index (χ4n) is 3.11. The number of hydrogen-bond donors (Lipinski definition) is 0. The quantitative estimate of drug-likeness (QED) is 0.396. The molecule has 0 amide bonds. The van der Waals surface area contributed by atoms with E-state index in [9.17, 15) is 4.79 Å². The molecule has 23 heavy (non-hydrogen) atoms. The van der Waals surface area contributed by atoms with Crippen molar-refractivity contribution in [2.24, 2.45) is 0 Å². The first kappa shape index (κ1) is 17.8. The lowest BCUT2D eigenvalue weighted by molar-refractivity contribution is -0.158. The summed E-state index contributed by atoms with van der Waals surface area (Å²) in [5.41, 5.74) is 0.438. The SMILES string of the molecule is CCCCCCCCCCC1(C)O/C(=C/c2ccccc2)C1=O. The molecule has 0 bridgehead atoms. The maximum Gasteiger partial charge on any atom is 0.240 e. The maximum absolute atomic E-state index is 12.3. The van der Waals surface area contributed by atoms with Gasteiger partial charge < -0.3 is 4.74 Å². The Bertz CT molecular complexity index is 518. The lowest BCUT2D eigenvalue weighted by Gasteiger charge is -2.39. The first-order valence-corrected chi connectivity index (χ1v) is 9.16. The van der Waals surface area contributed by atoms with Gasteiger partial charge in [-0.05, 0) is 31.4 Å². The minimum atomic E-state index is -0.581. The number of Topliss-reactive ketones (excluding diaryl/α,β-unsaturated/α-hetero) is 1. The number of carbonyl (C=O) groups excluding carboxylic acids is 1. The highest BCUT2D eigenvalue weighted by Gasteiger charge is 2.48. The van der Waals surface area contributed by atoms with Gasteiger partial charge in [0.15, 0.2) is 11.4 Å². The molecule has 1 aliphatic rings. The molecular formula is C21H30O2. The van der Waals surface area contributed by atoms with E-state index in [1.165, 1.54) is 44.9 Å². The Morgan fingerprint density at radius 3 is 2.17 bits per heavy atom. The molecule has 1 aliphatic heterocycles. The van der Waals surface area contributed by atoms with E-state index in [-0.39, 0.29) is 5.78 Å². The van der Waals surface area contributed by atoms with E-state index < -0.39 is 5.60 Å². The van der Waals surface area contributed by atoms with Crippen molar-refractivity contribution in [3.8, 4) is 0 Å². The Morgan fingerprint density at radius 2 is 1.57 bits per heavy atom. The smallest absolute Gasteiger partial charge is 0.240 e. The molecule has 0 aliphatic carbocycles. The lowest BCUT2D eigenvalue weighted by Crippen LogP contribution is -2.50. The molecule has 1 unspecified atom stereocenters. The van der Waals surface area contributed by atoms with Crippen LogP contribution >= 0.6 is 0 Å². The Hall–Kier alpha value is -1.57. The third-order valence-electron chi connectivity index (χ3n) is 4.64. The summed E-state index contributed by atoms with van der Waals surface area (Å²) in [7, 11) is 0. The van der Waals surface area contributed by atoms with Gasteiger partial charge in [0.1, 0.15) is 0 Å². The van der Waals surface area contributed by atoms with Crippen molar-refractivity contribution < 1.29 is 9.53 Å². The van der Waals surface area contributed by atoms with Crippen molar-refractivity contribution in [3.05, 3.63) is 41.7 Å². The van der Waals surface area contributed by atoms with E-state index in [2.05, 4.69) is 6.92 Å². The third-order valence-corrected chi connectivity index (χ3v) is 4.64. The summed E-state index contributed by atoms with van der Waals surface area (Å²) in [6.45, 7) is 4.18. The summed E-state index contributed by atoms with van der Waals surface area (Å²) in [6.07, 6.45) is 12.9. The molecule has 1 fully saturated rings. The molecule has 126 valence electrons. The zero-order chi connectivity index (χ0) is 16.5. The van der Waals surface area contributed by atoms with Crippen LogP contribution in [0.1, 0.15) is 77.2 Å². The highest BCUT2D eigenvalue weighted by Crippen LogP contribution is 2.37. The summed E-state index contributed by atoms with van der Waals surface area (Å²) in [6, 6.07) is 9.87. The molecule has 0 aromatic heterocycles. The number of unbranched alkanes of at least 4 members (excludes halogenated alkanes) is 7. The van der Waals surface area contributed by atoms with Crippen LogP contribution in [0.2, 0.25) is 0 Å². The molecule has 2 nitrogen and oxygen atoms in total. The van der Waals surface area contributed by atoms with Crippen LogP contribution in [0.4, 0.5) is 0 Å². The van der Waals surface area contributed by atoms with E-state index in [0.717, 1.165) is 18.4 Å². The van der Waals surface area contributed by atoms with Crippen LogP contribution in [0.15, 0.2) is 36.1 Å². The minimum Gasteiger partial charge on any atom is -0.475 e. The number of ketones is 1. The van der Waals surface area contributed by atoms with E-state index in [0.29, 0.717) is 5.76 Å². The fraction of sp³-hybridized carbons (Fsp3) is 0.571. The fourth-order valence-corrected chi connectivity index (χ4v) is 3.11. The highest BCUT2D eigenvalue weighted by atomic mass is 16.5. The molecule has 1 aromatic rings. The second kappa shape index (κ2) is 8.90. The van der Waals surface area contributed by atoms with Crippen molar-refractivity contribution >= 4 is 11.9 Å². The van der Waals surface area contributed by atoms with Gasteiger partial charge in [-0.3, -0.25) is 4.79 Å². The van der Waals surface area contributed by atoms with Crippen LogP contribution in [0.25, 0.3) is 6.08 Å². The molecule has 0 N–H and O–H groups in total. The normalized spacial score (nSPS) is 22.0. The molecular weight excluding hydrogens is 284 g/mol. The van der Waals surface area contributed by atoms with Crippen LogP contribution in [-0.2, 0) is 9.53 Å². The van der Waals surface area contributed by atoms with E-state index in [1.807, 2.05) is 43.3 Å². The highest BCUT2D eigenvalue weighted by molar-refractivity contribution is 6.08. The van der Waals surface area contributed by atoms with E-state index in [4.69, 9.17) is 4.74 Å². The molecule has 1 saturated heterocycles. The topological polar surface area (TPSA) is 26.3 Å². The van der Waals surface area contributed by atoms with Gasteiger partial charge in [0.25, 0.3) is 0 Å². The Labute approximate surface area is 140 Å². The monoisotopic (exact) mass is 314 g/mol. The summed E-state index contributed by atoms with van der Waals surface area (Å²) in [5.74, 6) is 0.669. The van der Waals surface area contributed by atoms with E-state index >= 15 is 0 Å². The maximum atomic E-state index is 12.3. The van der Waals surface area contributed by atoms with Gasteiger partial charge in [-0.1, -0.05) is 82.2 Å². The number of ether oxygens (including phenoxy) is 1. The Morgan fingerprint density at radius 1 is 0.957 bits per heavy atom. The third kappa shape index (κ3) is 5.23. The summed E-state index contributed by atoms with van der Waals surface area (Å²) in [5, 5.41) is 0. The number of rotatable bonds is 10. The zero-order valence-corrected chi connectivity index (χ0v) is 14.6. The molecule has 2 heteroatoms. The van der Waals surface area contributed by atoms with Crippen LogP contribution in [-0.4, -0.2) is 11.4 Å². The minimum absolute atomic E-state index is 0.157. The first-order valence-electron chi connectivity index (χ1n) is 9.16. The van der Waals surface area contributed by atoms with Gasteiger partial charge >= 0.3 is 0 Å². The van der Waals surface area contributed by atoms with Crippen molar-refractivity contribution in [1.29, 1.82) is 0 Å². The van der Waals surface area contributed by atoms with Crippen LogP contribution < -0.4 is 0 Å². The average Bonchev–Trinajstić information content (AvgIpc) is 2.57. The van der Waals surface area contributed by atoms with Gasteiger partial charge in [0, 0.05) is 0 Å². The van der Waals surface area contributed by atoms with Gasteiger partial charge in [0.05, 0.1) is 0 Å². The number of hydrogen-bond acceptors (Lipinski definition) is 2. The molecule has 1 aromatic carbocycles. The predicted octanol–water partition coefficient (Wildman–Crippen LogP) is 5.92. The molecule has 0 radical (unpaired) electrons. The largest absolute Gasteiger partial charge is 0.475 e. The molecule has 2 rings (SSSR count). The zero-order valence-electron chi connectivity index (χ0n) is 14.6. The summed E-state index contributed by atoms with van der Waals surface area (Å²) >= 11 is 0. The Kier molecular flexibility index (Phi) is 6.88. The lowest BCUT2D eigenvalue weighted by atomic mass is 9.86. The van der Waals surface area contributed by atoms with Gasteiger partial charge in [-0.2, -0.15) is 0 Å². The number of benzene rings is 1. The van der Waals surface area contributed by atoms with Crippen molar-refractivity contribution in [2.75, 3.05) is 0 Å². The molecule has 1 heterocycles. The second-order valence-corrected chi connectivity index (χ2v) is 6.81. The first-order chi connectivity index (χ1) is 11.2. The summed E-state index contributed by atoms with van der Waals surface area (Å²) in [4.78, 5) is 12.3. The van der Waals surface area contributed by atoms with Crippen LogP contribution in [0.5, 0.6) is 0 Å². The Balaban J connectivity index is 1.65. The number of carbonyl (C=O) groups is 1. The summed E-state index contributed by atoms with van der Waals surface area (Å²) < 4.78 is 5.81. The van der Waals surface area contributed by atoms with Gasteiger partial charge in [-0.15, -0.1) is 0 Å². The standard InChI is InChI=1S/C21H30O2/c1-3-4-5-6-7-8-9-13-16-21(2)20(22)19(23-21)17-18-14-11-10-12-15-18/h10-12,14-15,17H,3-9,13,16H2,1-2H3/b19-17+. The average molecular weight is 314 g/mol. The predicted molar refractivity (Wildman–Crippen MR) is 96.1 cm³/mol. The van der Waals surface area contributed by atoms with E-state index in [1.54, 1.807) is 0 Å². The van der Waals surface area contributed by atoms with Crippen LogP contribution in [0, 0.1) is 0 Å². The van der Waals surface area contributed by atoms with Crippen molar-refractivity contribution in [3.63, 3.8) is 0 Å². The van der Waals surface area contributed by atoms with Crippen molar-refractivity contribution in [1.82, 2.24) is 0 Å². The van der Waals surface area contributed by atoms with Gasteiger partial charge in [-0.25, -0.2) is 0 Å². The molecule has 0 saturated carbocycles. The molecule has 0 spiro atoms. The van der Waals surface area contributed by atoms with Crippen molar-refractivity contribution in [2.45, 2.75) is 77.2 Å². The molecule has 1 atom stereocenters. The van der Waals surface area contributed by atoms with Crippen LogP contribution in [0.3, 0.4) is 0 Å². The second-order valence-electron chi connectivity index (χ2n) is 6.81. The van der Waals surface area contributed by atoms with Gasteiger partial charge in [0.2, 0.25) is 5.78 Å².